The van der Waals surface area contributed by atoms with Gasteiger partial charge >= 0.3 is 0 Å². The van der Waals surface area contributed by atoms with E-state index in [2.05, 4.69) is 45.4 Å². The molecule has 0 saturated heterocycles. The Kier molecular flexibility index (Phi) is 4.34. The Hall–Kier alpha value is -5.23. The highest BCUT2D eigenvalue weighted by atomic mass is 16.5. The number of pyridine rings is 2. The van der Waals surface area contributed by atoms with Crippen LogP contribution < -0.4 is 4.74 Å². The van der Waals surface area contributed by atoms with Crippen LogP contribution in [0.4, 0.5) is 0 Å². The number of rotatable bonds is 3. The van der Waals surface area contributed by atoms with Gasteiger partial charge in [-0.15, -0.1) is 0 Å². The van der Waals surface area contributed by atoms with Gasteiger partial charge in [0.25, 0.3) is 0 Å². The van der Waals surface area contributed by atoms with Gasteiger partial charge in [-0.25, -0.2) is 15.0 Å². The summed E-state index contributed by atoms with van der Waals surface area (Å²) in [7, 11) is 2.04. The smallest absolute Gasteiger partial charge is 0.147 e. The van der Waals surface area contributed by atoms with Crippen LogP contribution in [0.3, 0.4) is 0 Å². The molecule has 0 fully saturated rings. The Morgan fingerprint density at radius 3 is 2.26 bits per heavy atom. The van der Waals surface area contributed by atoms with Crippen molar-refractivity contribution in [1.29, 1.82) is 0 Å². The molecular formula is C32H21N5O. The molecule has 0 unspecified atom stereocenters. The number of aryl methyl sites for hydroxylation is 1. The number of aromatic nitrogens is 5. The van der Waals surface area contributed by atoms with Crippen LogP contribution in [0.5, 0.6) is 11.5 Å². The lowest BCUT2D eigenvalue weighted by Gasteiger charge is -2.11. The first-order valence-electron chi connectivity index (χ1n) is 12.5. The third-order valence-electron chi connectivity index (χ3n) is 7.20. The van der Waals surface area contributed by atoms with E-state index in [1.807, 2.05) is 80.0 Å². The van der Waals surface area contributed by atoms with Crippen LogP contribution in [0.1, 0.15) is 0 Å². The van der Waals surface area contributed by atoms with Crippen molar-refractivity contribution in [3.05, 3.63) is 109 Å². The van der Waals surface area contributed by atoms with Gasteiger partial charge in [0.05, 0.1) is 22.1 Å². The average Bonchev–Trinajstić information content (AvgIpc) is 3.52. The van der Waals surface area contributed by atoms with Crippen LogP contribution in [0.15, 0.2) is 109 Å². The molecule has 0 bridgehead atoms. The first-order valence-corrected chi connectivity index (χ1v) is 12.5. The molecule has 4 aromatic heterocycles. The van der Waals surface area contributed by atoms with E-state index >= 15 is 0 Å². The zero-order chi connectivity index (χ0) is 25.2. The van der Waals surface area contributed by atoms with Gasteiger partial charge in [0.15, 0.2) is 0 Å². The summed E-state index contributed by atoms with van der Waals surface area (Å²) >= 11 is 0. The fourth-order valence-corrected chi connectivity index (χ4v) is 5.45. The number of ether oxygens (including phenoxy) is 1. The molecule has 0 saturated carbocycles. The molecular weight excluding hydrogens is 470 g/mol. The first kappa shape index (κ1) is 20.9. The highest BCUT2D eigenvalue weighted by Crippen LogP contribution is 2.35. The summed E-state index contributed by atoms with van der Waals surface area (Å²) in [6.45, 7) is 0. The highest BCUT2D eigenvalue weighted by Gasteiger charge is 2.15. The van der Waals surface area contributed by atoms with Crippen molar-refractivity contribution < 1.29 is 4.74 Å². The van der Waals surface area contributed by atoms with Crippen LogP contribution in [0.25, 0.3) is 60.9 Å². The minimum absolute atomic E-state index is 0.747. The quantitative estimate of drug-likeness (QED) is 0.240. The van der Waals surface area contributed by atoms with Gasteiger partial charge in [0, 0.05) is 29.6 Å². The van der Waals surface area contributed by atoms with Gasteiger partial charge in [-0.3, -0.25) is 4.40 Å². The van der Waals surface area contributed by atoms with E-state index in [1.165, 1.54) is 0 Å². The fourth-order valence-electron chi connectivity index (χ4n) is 5.45. The molecule has 0 amide bonds. The number of para-hydroxylation sites is 4. The van der Waals surface area contributed by atoms with E-state index in [0.29, 0.717) is 0 Å². The van der Waals surface area contributed by atoms with Crippen LogP contribution in [-0.2, 0) is 7.05 Å². The monoisotopic (exact) mass is 491 g/mol. The van der Waals surface area contributed by atoms with Crippen molar-refractivity contribution >= 4 is 49.5 Å². The molecule has 0 spiro atoms. The zero-order valence-corrected chi connectivity index (χ0v) is 20.5. The average molecular weight is 492 g/mol. The minimum atomic E-state index is 0.747. The second-order valence-corrected chi connectivity index (χ2v) is 9.45. The minimum Gasteiger partial charge on any atom is -0.457 e. The summed E-state index contributed by atoms with van der Waals surface area (Å²) < 4.78 is 10.7. The Balaban J connectivity index is 1.28. The molecule has 4 aromatic carbocycles. The number of benzene rings is 4. The maximum atomic E-state index is 6.41. The highest BCUT2D eigenvalue weighted by molar-refractivity contribution is 6.13. The number of nitrogens with zero attached hydrogens (tertiary/aromatic N) is 5. The maximum absolute atomic E-state index is 6.41. The molecule has 8 rings (SSSR count). The van der Waals surface area contributed by atoms with Gasteiger partial charge in [0.2, 0.25) is 0 Å². The molecule has 0 radical (unpaired) electrons. The molecule has 4 heterocycles. The standard InChI is InChI=1S/C32H21N5O/c1-36-28-13-4-2-11-26(28)34-30(36)20-8-6-9-21(18-20)38-22-15-16-23-24-10-7-17-33-31(24)37-29-14-5-3-12-27(29)35-32(37)25(23)19-22/h2-19H,1H3. The molecule has 0 aliphatic heterocycles. The maximum Gasteiger partial charge on any atom is 0.147 e. The van der Waals surface area contributed by atoms with E-state index in [-0.39, 0.29) is 0 Å². The van der Waals surface area contributed by atoms with Gasteiger partial charge in [-0.05, 0) is 72.1 Å². The summed E-state index contributed by atoms with van der Waals surface area (Å²) in [6.07, 6.45) is 1.83. The predicted octanol–water partition coefficient (Wildman–Crippen LogP) is 7.53. The van der Waals surface area contributed by atoms with E-state index < -0.39 is 0 Å². The molecule has 0 aliphatic carbocycles. The van der Waals surface area contributed by atoms with Crippen molar-refractivity contribution in [2.75, 3.05) is 0 Å². The summed E-state index contributed by atoms with van der Waals surface area (Å²) in [6, 6.07) is 34.7. The lowest BCUT2D eigenvalue weighted by molar-refractivity contribution is 0.483. The normalized spacial score (nSPS) is 11.8. The Morgan fingerprint density at radius 2 is 1.39 bits per heavy atom. The summed E-state index contributed by atoms with van der Waals surface area (Å²) in [5.41, 5.74) is 6.81. The molecule has 6 nitrogen and oxygen atoms in total. The summed E-state index contributed by atoms with van der Waals surface area (Å²) in [4.78, 5) is 14.5. The molecule has 0 aliphatic rings. The van der Waals surface area contributed by atoms with Crippen molar-refractivity contribution in [3.8, 4) is 22.9 Å². The van der Waals surface area contributed by atoms with Crippen molar-refractivity contribution in [2.24, 2.45) is 7.05 Å². The van der Waals surface area contributed by atoms with Crippen molar-refractivity contribution in [2.45, 2.75) is 0 Å². The van der Waals surface area contributed by atoms with E-state index in [1.54, 1.807) is 0 Å². The van der Waals surface area contributed by atoms with Crippen molar-refractivity contribution in [3.63, 3.8) is 0 Å². The predicted molar refractivity (Wildman–Crippen MR) is 152 cm³/mol. The van der Waals surface area contributed by atoms with Crippen LogP contribution in [-0.4, -0.2) is 23.9 Å². The van der Waals surface area contributed by atoms with E-state index in [4.69, 9.17) is 19.7 Å². The molecule has 180 valence electrons. The second-order valence-electron chi connectivity index (χ2n) is 9.45. The van der Waals surface area contributed by atoms with Gasteiger partial charge in [0.1, 0.15) is 28.6 Å². The molecule has 8 aromatic rings. The lowest BCUT2D eigenvalue weighted by atomic mass is 10.1. The Morgan fingerprint density at radius 1 is 0.605 bits per heavy atom. The number of hydrogen-bond acceptors (Lipinski definition) is 4. The van der Waals surface area contributed by atoms with E-state index in [9.17, 15) is 0 Å². The molecule has 38 heavy (non-hydrogen) atoms. The molecule has 0 atom stereocenters. The van der Waals surface area contributed by atoms with Gasteiger partial charge in [-0.1, -0.05) is 36.4 Å². The largest absolute Gasteiger partial charge is 0.457 e. The van der Waals surface area contributed by atoms with E-state index in [0.717, 1.165) is 72.4 Å². The SMILES string of the molecule is Cn1c(-c2cccc(Oc3ccc4c5cccnc5n5c6ccccc6nc5c4c3)c2)nc2ccccc21. The van der Waals surface area contributed by atoms with Crippen LogP contribution in [0, 0.1) is 0 Å². The Labute approximate surface area is 217 Å². The first-order chi connectivity index (χ1) is 18.7. The van der Waals surface area contributed by atoms with Gasteiger partial charge < -0.3 is 9.30 Å². The molecule has 0 N–H and O–H groups in total. The molecule has 6 heteroatoms. The van der Waals surface area contributed by atoms with Crippen LogP contribution >= 0.6 is 0 Å². The number of hydrogen-bond donors (Lipinski definition) is 0. The number of fused-ring (bicyclic) bond motifs is 9. The van der Waals surface area contributed by atoms with Crippen LogP contribution in [0.2, 0.25) is 0 Å². The zero-order valence-electron chi connectivity index (χ0n) is 20.5. The third kappa shape index (κ3) is 3.04. The number of imidazole rings is 2. The third-order valence-corrected chi connectivity index (χ3v) is 7.20. The van der Waals surface area contributed by atoms with Gasteiger partial charge in [-0.2, -0.15) is 0 Å². The fraction of sp³-hybridized carbons (Fsp3) is 0.0312. The topological polar surface area (TPSA) is 57.2 Å². The second kappa shape index (κ2) is 7.88. The van der Waals surface area contributed by atoms with Crippen molar-refractivity contribution in [1.82, 2.24) is 23.9 Å². The summed E-state index contributed by atoms with van der Waals surface area (Å²) in [5, 5.41) is 3.19. The lowest BCUT2D eigenvalue weighted by Crippen LogP contribution is -1.95. The Bertz CT molecular complexity index is 2190. The summed E-state index contributed by atoms with van der Waals surface area (Å²) in [5.74, 6) is 2.40.